The van der Waals surface area contributed by atoms with Crippen LogP contribution in [0, 0.1) is 5.92 Å². The summed E-state index contributed by atoms with van der Waals surface area (Å²) in [6.45, 7) is 4.94. The van der Waals surface area contributed by atoms with Crippen molar-refractivity contribution in [2.75, 3.05) is 22.9 Å². The van der Waals surface area contributed by atoms with Crippen LogP contribution in [-0.2, 0) is 16.0 Å². The van der Waals surface area contributed by atoms with Crippen LogP contribution in [-0.4, -0.2) is 29.9 Å². The molecule has 2 aromatic rings. The van der Waals surface area contributed by atoms with E-state index in [1.54, 1.807) is 16.0 Å². The summed E-state index contributed by atoms with van der Waals surface area (Å²) in [5.74, 6) is 0.202. The Kier molecular flexibility index (Phi) is 5.71. The fourth-order valence-electron chi connectivity index (χ4n) is 3.21. The van der Waals surface area contributed by atoms with Crippen LogP contribution < -0.4 is 9.80 Å². The first-order chi connectivity index (χ1) is 12.5. The minimum Gasteiger partial charge on any atom is -0.312 e. The molecule has 0 saturated carbocycles. The zero-order valence-corrected chi connectivity index (χ0v) is 16.6. The topological polar surface area (TPSA) is 53.5 Å². The van der Waals surface area contributed by atoms with Gasteiger partial charge in [0, 0.05) is 35.9 Å². The molecule has 0 bridgehead atoms. The molecule has 0 aliphatic carbocycles. The molecule has 1 aromatic carbocycles. The van der Waals surface area contributed by atoms with E-state index in [-0.39, 0.29) is 24.2 Å². The number of rotatable bonds is 5. The molecule has 1 saturated heterocycles. The molecule has 0 N–H and O–H groups in total. The van der Waals surface area contributed by atoms with Crippen LogP contribution in [0.3, 0.4) is 0 Å². The molecule has 26 heavy (non-hydrogen) atoms. The zero-order valence-electron chi connectivity index (χ0n) is 15.0. The zero-order chi connectivity index (χ0) is 18.7. The number of aryl methyl sites for hydroxylation is 1. The van der Waals surface area contributed by atoms with E-state index in [1.165, 1.54) is 5.56 Å². The van der Waals surface area contributed by atoms with E-state index < -0.39 is 0 Å². The molecule has 1 aliphatic heterocycles. The fraction of sp³-hybridized carbons (Fsp3) is 0.350. The van der Waals surface area contributed by atoms with Gasteiger partial charge in [-0.05, 0) is 59.1 Å². The van der Waals surface area contributed by atoms with Gasteiger partial charge in [-0.25, -0.2) is 4.98 Å². The molecular weight excluding hydrogens is 394 g/mol. The SMILES string of the molecule is CCc1ccc(N2CC(C(=O)N(CC)c3ccc(Br)cn3)CC2=O)cc1. The molecule has 1 unspecified atom stereocenters. The number of anilines is 2. The average Bonchev–Trinajstić information content (AvgIpc) is 3.05. The van der Waals surface area contributed by atoms with Crippen LogP contribution in [0.4, 0.5) is 11.5 Å². The highest BCUT2D eigenvalue weighted by atomic mass is 79.9. The second kappa shape index (κ2) is 7.99. The highest BCUT2D eigenvalue weighted by Crippen LogP contribution is 2.28. The molecule has 3 rings (SSSR count). The lowest BCUT2D eigenvalue weighted by molar-refractivity contribution is -0.124. The summed E-state index contributed by atoms with van der Waals surface area (Å²) in [5, 5.41) is 0. The molecule has 1 aromatic heterocycles. The molecule has 1 fully saturated rings. The molecular formula is C20H22BrN3O2. The van der Waals surface area contributed by atoms with Gasteiger partial charge >= 0.3 is 0 Å². The Morgan fingerprint density at radius 1 is 1.23 bits per heavy atom. The smallest absolute Gasteiger partial charge is 0.233 e. The lowest BCUT2D eigenvalue weighted by Gasteiger charge is -2.23. The first-order valence-corrected chi connectivity index (χ1v) is 9.65. The third-order valence-corrected chi connectivity index (χ3v) is 5.17. The molecule has 0 radical (unpaired) electrons. The van der Waals surface area contributed by atoms with Crippen molar-refractivity contribution in [3.05, 3.63) is 52.6 Å². The Balaban J connectivity index is 1.75. The maximum absolute atomic E-state index is 13.0. The molecule has 1 aliphatic rings. The molecule has 2 amide bonds. The van der Waals surface area contributed by atoms with Gasteiger partial charge in [-0.1, -0.05) is 19.1 Å². The van der Waals surface area contributed by atoms with Crippen molar-refractivity contribution in [2.45, 2.75) is 26.7 Å². The molecule has 5 nitrogen and oxygen atoms in total. The second-order valence-electron chi connectivity index (χ2n) is 6.34. The van der Waals surface area contributed by atoms with Crippen molar-refractivity contribution in [1.82, 2.24) is 4.98 Å². The normalized spacial score (nSPS) is 16.8. The van der Waals surface area contributed by atoms with Crippen LogP contribution >= 0.6 is 15.9 Å². The van der Waals surface area contributed by atoms with Crippen LogP contribution in [0.2, 0.25) is 0 Å². The first-order valence-electron chi connectivity index (χ1n) is 8.85. The van der Waals surface area contributed by atoms with Gasteiger partial charge in [0.1, 0.15) is 5.82 Å². The number of amides is 2. The number of carbonyl (C=O) groups excluding carboxylic acids is 2. The summed E-state index contributed by atoms with van der Waals surface area (Å²) in [4.78, 5) is 33.1. The van der Waals surface area contributed by atoms with Gasteiger partial charge in [-0.15, -0.1) is 0 Å². The minimum atomic E-state index is -0.348. The lowest BCUT2D eigenvalue weighted by atomic mass is 10.1. The van der Waals surface area contributed by atoms with Crippen LogP contribution in [0.25, 0.3) is 0 Å². The Bertz CT molecular complexity index is 790. The van der Waals surface area contributed by atoms with Crippen molar-refractivity contribution in [3.63, 3.8) is 0 Å². The number of nitrogens with zero attached hydrogens (tertiary/aromatic N) is 3. The Labute approximate surface area is 162 Å². The number of hydrogen-bond donors (Lipinski definition) is 0. The van der Waals surface area contributed by atoms with Crippen molar-refractivity contribution in [1.29, 1.82) is 0 Å². The number of hydrogen-bond acceptors (Lipinski definition) is 3. The van der Waals surface area contributed by atoms with Crippen LogP contribution in [0.5, 0.6) is 0 Å². The van der Waals surface area contributed by atoms with Crippen molar-refractivity contribution < 1.29 is 9.59 Å². The fourth-order valence-corrected chi connectivity index (χ4v) is 3.45. The molecule has 0 spiro atoms. The van der Waals surface area contributed by atoms with Gasteiger partial charge in [0.15, 0.2) is 0 Å². The predicted molar refractivity (Wildman–Crippen MR) is 106 cm³/mol. The summed E-state index contributed by atoms with van der Waals surface area (Å²) in [6.07, 6.45) is 2.87. The van der Waals surface area contributed by atoms with E-state index in [4.69, 9.17) is 0 Å². The summed E-state index contributed by atoms with van der Waals surface area (Å²) < 4.78 is 0.863. The largest absolute Gasteiger partial charge is 0.312 e. The summed E-state index contributed by atoms with van der Waals surface area (Å²) in [6, 6.07) is 11.6. The van der Waals surface area contributed by atoms with E-state index in [0.717, 1.165) is 16.6 Å². The number of carbonyl (C=O) groups is 2. The highest BCUT2D eigenvalue weighted by Gasteiger charge is 2.37. The van der Waals surface area contributed by atoms with E-state index in [9.17, 15) is 9.59 Å². The molecule has 2 heterocycles. The number of halogens is 1. The average molecular weight is 416 g/mol. The monoisotopic (exact) mass is 415 g/mol. The standard InChI is InChI=1S/C20H22BrN3O2/c1-3-14-5-8-17(9-6-14)24-13-15(11-19(24)25)20(26)23(4-2)18-10-7-16(21)12-22-18/h5-10,12,15H,3-4,11,13H2,1-2H3. The lowest BCUT2D eigenvalue weighted by Crippen LogP contribution is -2.38. The first kappa shape index (κ1) is 18.6. The van der Waals surface area contributed by atoms with Crippen LogP contribution in [0.15, 0.2) is 47.1 Å². The van der Waals surface area contributed by atoms with Gasteiger partial charge in [0.25, 0.3) is 0 Å². The van der Waals surface area contributed by atoms with E-state index in [1.807, 2.05) is 43.3 Å². The Morgan fingerprint density at radius 2 is 1.96 bits per heavy atom. The summed E-state index contributed by atoms with van der Waals surface area (Å²) in [5.41, 5.74) is 2.08. The van der Waals surface area contributed by atoms with Gasteiger partial charge < -0.3 is 4.90 Å². The molecule has 136 valence electrons. The Hall–Kier alpha value is -2.21. The summed E-state index contributed by atoms with van der Waals surface area (Å²) >= 11 is 3.35. The van der Waals surface area contributed by atoms with Gasteiger partial charge in [0.2, 0.25) is 11.8 Å². The van der Waals surface area contributed by atoms with Gasteiger partial charge in [-0.3, -0.25) is 14.5 Å². The van der Waals surface area contributed by atoms with E-state index >= 15 is 0 Å². The summed E-state index contributed by atoms with van der Waals surface area (Å²) in [7, 11) is 0. The number of benzene rings is 1. The highest BCUT2D eigenvalue weighted by molar-refractivity contribution is 9.10. The quantitative estimate of drug-likeness (QED) is 0.745. The van der Waals surface area contributed by atoms with Gasteiger partial charge in [0.05, 0.1) is 5.92 Å². The third kappa shape index (κ3) is 3.80. The maximum atomic E-state index is 13.0. The minimum absolute atomic E-state index is 0.00702. The van der Waals surface area contributed by atoms with Gasteiger partial charge in [-0.2, -0.15) is 0 Å². The Morgan fingerprint density at radius 3 is 2.54 bits per heavy atom. The molecule has 1 atom stereocenters. The predicted octanol–water partition coefficient (Wildman–Crippen LogP) is 3.81. The van der Waals surface area contributed by atoms with E-state index in [0.29, 0.717) is 18.9 Å². The maximum Gasteiger partial charge on any atom is 0.233 e. The number of pyridine rings is 1. The molecule has 6 heteroatoms. The van der Waals surface area contributed by atoms with Crippen molar-refractivity contribution in [3.8, 4) is 0 Å². The number of aromatic nitrogens is 1. The van der Waals surface area contributed by atoms with Crippen molar-refractivity contribution in [2.24, 2.45) is 5.92 Å². The van der Waals surface area contributed by atoms with Crippen LogP contribution in [0.1, 0.15) is 25.8 Å². The third-order valence-electron chi connectivity index (χ3n) is 4.70. The van der Waals surface area contributed by atoms with Crippen molar-refractivity contribution >= 4 is 39.2 Å². The van der Waals surface area contributed by atoms with E-state index in [2.05, 4.69) is 27.8 Å². The second-order valence-corrected chi connectivity index (χ2v) is 7.26.